The quantitative estimate of drug-likeness (QED) is 0.707. The summed E-state index contributed by atoms with van der Waals surface area (Å²) in [5.41, 5.74) is 4.19. The van der Waals surface area contributed by atoms with E-state index in [-0.39, 0.29) is 5.91 Å². The summed E-state index contributed by atoms with van der Waals surface area (Å²) < 4.78 is 6.78. The number of hydrogen-bond donors (Lipinski definition) is 1. The normalized spacial score (nSPS) is 10.4. The number of anilines is 1. The molecule has 1 amide bonds. The lowest BCUT2D eigenvalue weighted by Crippen LogP contribution is -2.13. The summed E-state index contributed by atoms with van der Waals surface area (Å²) in [4.78, 5) is 12.0. The maximum Gasteiger partial charge on any atom is 0.224 e. The van der Waals surface area contributed by atoms with Gasteiger partial charge in [-0.05, 0) is 68.1 Å². The van der Waals surface area contributed by atoms with Crippen LogP contribution in [-0.4, -0.2) is 12.5 Å². The molecule has 4 heteroatoms. The van der Waals surface area contributed by atoms with E-state index in [1.165, 1.54) is 5.56 Å². The summed E-state index contributed by atoms with van der Waals surface area (Å²) in [6, 6.07) is 12.0. The van der Waals surface area contributed by atoms with Crippen LogP contribution in [0.25, 0.3) is 0 Å². The number of aryl methyl sites for hydroxylation is 3. The Kier molecular flexibility index (Phi) is 6.22. The molecule has 0 aliphatic heterocycles. The molecule has 0 aliphatic rings. The van der Waals surface area contributed by atoms with Gasteiger partial charge in [0.25, 0.3) is 0 Å². The average Bonchev–Trinajstić information content (AvgIpc) is 2.50. The molecular weight excluding hydrogens is 354 g/mol. The van der Waals surface area contributed by atoms with E-state index in [0.717, 1.165) is 27.0 Å². The van der Waals surface area contributed by atoms with Gasteiger partial charge in [-0.1, -0.05) is 28.1 Å². The lowest BCUT2D eigenvalue weighted by molar-refractivity contribution is -0.116. The van der Waals surface area contributed by atoms with Gasteiger partial charge in [-0.15, -0.1) is 0 Å². The van der Waals surface area contributed by atoms with Gasteiger partial charge in [0.05, 0.1) is 6.61 Å². The van der Waals surface area contributed by atoms with Crippen molar-refractivity contribution in [3.8, 4) is 5.75 Å². The van der Waals surface area contributed by atoms with Gasteiger partial charge in [0.15, 0.2) is 0 Å². The van der Waals surface area contributed by atoms with Crippen molar-refractivity contribution >= 4 is 27.5 Å². The molecule has 1 N–H and O–H groups in total. The van der Waals surface area contributed by atoms with Crippen LogP contribution >= 0.6 is 15.9 Å². The first-order chi connectivity index (χ1) is 11.0. The molecule has 23 heavy (non-hydrogen) atoms. The second-order valence-electron chi connectivity index (χ2n) is 5.73. The molecular formula is C19H22BrNO2. The molecule has 0 fully saturated rings. The molecule has 3 nitrogen and oxygen atoms in total. The number of benzene rings is 2. The minimum atomic E-state index is 0.0139. The van der Waals surface area contributed by atoms with E-state index in [1.54, 1.807) is 0 Å². The number of halogens is 1. The molecule has 0 saturated heterocycles. The number of amides is 1. The van der Waals surface area contributed by atoms with E-state index in [0.29, 0.717) is 19.4 Å². The number of nitrogens with one attached hydrogen (secondary N) is 1. The molecule has 0 saturated carbocycles. The van der Waals surface area contributed by atoms with Crippen LogP contribution in [-0.2, 0) is 4.79 Å². The molecule has 0 bridgehead atoms. The van der Waals surface area contributed by atoms with Crippen molar-refractivity contribution in [2.24, 2.45) is 0 Å². The second-order valence-corrected chi connectivity index (χ2v) is 6.64. The molecule has 0 spiro atoms. The third-order valence-corrected chi connectivity index (χ3v) is 4.11. The van der Waals surface area contributed by atoms with Gasteiger partial charge in [0.2, 0.25) is 5.91 Å². The largest absolute Gasteiger partial charge is 0.493 e. The Labute approximate surface area is 146 Å². The fourth-order valence-corrected chi connectivity index (χ4v) is 2.73. The molecule has 2 aromatic carbocycles. The van der Waals surface area contributed by atoms with Crippen LogP contribution in [0.2, 0.25) is 0 Å². The summed E-state index contributed by atoms with van der Waals surface area (Å²) in [6.45, 7) is 6.58. The zero-order chi connectivity index (χ0) is 16.8. The SMILES string of the molecule is Cc1ccc(C)c(OCCCC(=O)Nc2ccc(Br)cc2C)c1. The van der Waals surface area contributed by atoms with E-state index in [2.05, 4.69) is 27.3 Å². The van der Waals surface area contributed by atoms with Gasteiger partial charge in [0.1, 0.15) is 5.75 Å². The number of rotatable bonds is 6. The molecule has 2 aromatic rings. The average molecular weight is 376 g/mol. The fraction of sp³-hybridized carbons (Fsp3) is 0.316. The van der Waals surface area contributed by atoms with Crippen LogP contribution in [0.4, 0.5) is 5.69 Å². The highest BCUT2D eigenvalue weighted by Crippen LogP contribution is 2.21. The molecule has 0 aliphatic carbocycles. The zero-order valence-electron chi connectivity index (χ0n) is 13.8. The van der Waals surface area contributed by atoms with Crippen molar-refractivity contribution in [3.05, 3.63) is 57.6 Å². The van der Waals surface area contributed by atoms with Crippen molar-refractivity contribution in [2.45, 2.75) is 33.6 Å². The number of carbonyl (C=O) groups is 1. The molecule has 122 valence electrons. The first kappa shape index (κ1) is 17.5. The summed E-state index contributed by atoms with van der Waals surface area (Å²) in [7, 11) is 0. The first-order valence-corrected chi connectivity index (χ1v) is 8.51. The standard InChI is InChI=1S/C19H22BrNO2/c1-13-6-7-14(2)18(11-13)23-10-4-5-19(22)21-17-9-8-16(20)12-15(17)3/h6-9,11-12H,4-5,10H2,1-3H3,(H,21,22). The van der Waals surface area contributed by atoms with Gasteiger partial charge in [0, 0.05) is 16.6 Å². The monoisotopic (exact) mass is 375 g/mol. The fourth-order valence-electron chi connectivity index (χ4n) is 2.26. The maximum absolute atomic E-state index is 12.0. The lowest BCUT2D eigenvalue weighted by Gasteiger charge is -2.11. The van der Waals surface area contributed by atoms with Crippen LogP contribution < -0.4 is 10.1 Å². The number of ether oxygens (including phenoxy) is 1. The molecule has 0 unspecified atom stereocenters. The maximum atomic E-state index is 12.0. The molecule has 2 rings (SSSR count). The highest BCUT2D eigenvalue weighted by Gasteiger charge is 2.06. The minimum Gasteiger partial charge on any atom is -0.493 e. The van der Waals surface area contributed by atoms with Crippen molar-refractivity contribution < 1.29 is 9.53 Å². The van der Waals surface area contributed by atoms with Crippen LogP contribution in [0.3, 0.4) is 0 Å². The van der Waals surface area contributed by atoms with Crippen molar-refractivity contribution in [1.82, 2.24) is 0 Å². The number of carbonyl (C=O) groups excluding carboxylic acids is 1. The highest BCUT2D eigenvalue weighted by molar-refractivity contribution is 9.10. The van der Waals surface area contributed by atoms with Crippen molar-refractivity contribution in [2.75, 3.05) is 11.9 Å². The summed E-state index contributed by atoms with van der Waals surface area (Å²) in [6.07, 6.45) is 1.13. The van der Waals surface area contributed by atoms with Crippen molar-refractivity contribution in [3.63, 3.8) is 0 Å². The Hall–Kier alpha value is -1.81. The molecule has 0 aromatic heterocycles. The Morgan fingerprint density at radius 1 is 1.09 bits per heavy atom. The predicted octanol–water partition coefficient (Wildman–Crippen LogP) is 5.17. The van der Waals surface area contributed by atoms with E-state index >= 15 is 0 Å². The molecule has 0 radical (unpaired) electrons. The third kappa shape index (κ3) is 5.39. The Morgan fingerprint density at radius 2 is 1.87 bits per heavy atom. The van der Waals surface area contributed by atoms with Crippen LogP contribution in [0.1, 0.15) is 29.5 Å². The third-order valence-electron chi connectivity index (χ3n) is 3.61. The van der Waals surface area contributed by atoms with E-state index in [4.69, 9.17) is 4.74 Å². The zero-order valence-corrected chi connectivity index (χ0v) is 15.4. The van der Waals surface area contributed by atoms with Crippen molar-refractivity contribution in [1.29, 1.82) is 0 Å². The van der Waals surface area contributed by atoms with E-state index < -0.39 is 0 Å². The minimum absolute atomic E-state index is 0.0139. The Morgan fingerprint density at radius 3 is 2.61 bits per heavy atom. The Balaban J connectivity index is 1.77. The van der Waals surface area contributed by atoms with Gasteiger partial charge in [-0.3, -0.25) is 4.79 Å². The van der Waals surface area contributed by atoms with Crippen LogP contribution in [0.5, 0.6) is 5.75 Å². The lowest BCUT2D eigenvalue weighted by atomic mass is 10.1. The first-order valence-electron chi connectivity index (χ1n) is 7.72. The smallest absolute Gasteiger partial charge is 0.224 e. The van der Waals surface area contributed by atoms with E-state index in [9.17, 15) is 4.79 Å². The van der Waals surface area contributed by atoms with Crippen LogP contribution in [0.15, 0.2) is 40.9 Å². The topological polar surface area (TPSA) is 38.3 Å². The highest BCUT2D eigenvalue weighted by atomic mass is 79.9. The van der Waals surface area contributed by atoms with Gasteiger partial charge in [-0.25, -0.2) is 0 Å². The summed E-state index contributed by atoms with van der Waals surface area (Å²) in [5, 5.41) is 2.94. The molecule has 0 heterocycles. The Bertz CT molecular complexity index is 698. The van der Waals surface area contributed by atoms with Gasteiger partial charge >= 0.3 is 0 Å². The number of hydrogen-bond acceptors (Lipinski definition) is 2. The van der Waals surface area contributed by atoms with Gasteiger partial charge in [-0.2, -0.15) is 0 Å². The molecule has 0 atom stereocenters. The summed E-state index contributed by atoms with van der Waals surface area (Å²) in [5.74, 6) is 0.911. The predicted molar refractivity (Wildman–Crippen MR) is 98.2 cm³/mol. The van der Waals surface area contributed by atoms with E-state index in [1.807, 2.05) is 51.1 Å². The van der Waals surface area contributed by atoms with Crippen LogP contribution in [0, 0.1) is 20.8 Å². The second kappa shape index (κ2) is 8.16. The van der Waals surface area contributed by atoms with Gasteiger partial charge < -0.3 is 10.1 Å². The summed E-state index contributed by atoms with van der Waals surface area (Å²) >= 11 is 3.42.